The van der Waals surface area contributed by atoms with E-state index in [9.17, 15) is 4.79 Å². The van der Waals surface area contributed by atoms with Crippen molar-refractivity contribution in [3.63, 3.8) is 0 Å². The second-order valence-corrected chi connectivity index (χ2v) is 5.57. The molecule has 0 radical (unpaired) electrons. The molecule has 0 spiro atoms. The molecule has 2 rings (SSSR count). The normalized spacial score (nSPS) is 17.2. The Bertz CT molecular complexity index is 390. The molecule has 1 aromatic rings. The molecule has 1 aromatic carbocycles. The van der Waals surface area contributed by atoms with Crippen LogP contribution in [0.4, 0.5) is 0 Å². The number of rotatable bonds is 5. The molecule has 0 saturated heterocycles. The van der Waals surface area contributed by atoms with Crippen LogP contribution < -0.4 is 0 Å². The Kier molecular flexibility index (Phi) is 3.88. The number of halogens is 1. The van der Waals surface area contributed by atoms with Crippen LogP contribution in [0, 0.1) is 11.8 Å². The summed E-state index contributed by atoms with van der Waals surface area (Å²) in [4.78, 5) is 12.2. The second-order valence-electron chi connectivity index (χ2n) is 5.27. The Hall–Kier alpha value is -0.820. The number of carbonyl (C=O) groups is 1. The zero-order valence-corrected chi connectivity index (χ0v) is 11.2. The maximum Gasteiger partial charge on any atom is 0.167 e. The number of alkyl halides is 1. The molecule has 1 unspecified atom stereocenters. The van der Waals surface area contributed by atoms with E-state index in [2.05, 4.69) is 12.1 Å². The Labute approximate surface area is 108 Å². The van der Waals surface area contributed by atoms with Crippen molar-refractivity contribution in [1.82, 2.24) is 0 Å². The van der Waals surface area contributed by atoms with Crippen LogP contribution in [-0.2, 0) is 0 Å². The molecule has 0 amide bonds. The van der Waals surface area contributed by atoms with Crippen molar-refractivity contribution in [3.05, 3.63) is 35.4 Å². The van der Waals surface area contributed by atoms with Crippen molar-refractivity contribution < 1.29 is 4.79 Å². The molecular weight excluding hydrogens is 232 g/mol. The Morgan fingerprint density at radius 2 is 1.88 bits per heavy atom. The average Bonchev–Trinajstić information content (AvgIpc) is 3.13. The van der Waals surface area contributed by atoms with Gasteiger partial charge in [-0.2, -0.15) is 0 Å². The van der Waals surface area contributed by atoms with E-state index in [-0.39, 0.29) is 11.7 Å². The molecule has 92 valence electrons. The third-order valence-corrected chi connectivity index (χ3v) is 3.88. The Morgan fingerprint density at radius 1 is 1.29 bits per heavy atom. The molecule has 17 heavy (non-hydrogen) atoms. The van der Waals surface area contributed by atoms with Crippen LogP contribution in [0.25, 0.3) is 0 Å². The van der Waals surface area contributed by atoms with Gasteiger partial charge in [-0.15, -0.1) is 11.6 Å². The summed E-state index contributed by atoms with van der Waals surface area (Å²) in [5, 5.41) is 0. The first-order chi connectivity index (χ1) is 8.13. The smallest absolute Gasteiger partial charge is 0.167 e. The minimum atomic E-state index is -0.0663. The van der Waals surface area contributed by atoms with Gasteiger partial charge in [-0.3, -0.25) is 4.79 Å². The van der Waals surface area contributed by atoms with E-state index in [1.54, 1.807) is 0 Å². The highest BCUT2D eigenvalue weighted by atomic mass is 35.5. The van der Waals surface area contributed by atoms with Crippen molar-refractivity contribution in [2.45, 2.75) is 32.6 Å². The second kappa shape index (κ2) is 5.22. The van der Waals surface area contributed by atoms with Gasteiger partial charge in [-0.1, -0.05) is 38.1 Å². The topological polar surface area (TPSA) is 17.1 Å². The molecule has 0 aromatic heterocycles. The van der Waals surface area contributed by atoms with Crippen LogP contribution in [-0.4, -0.2) is 11.7 Å². The number of ketones is 1. The minimum absolute atomic E-state index is 0.0663. The van der Waals surface area contributed by atoms with E-state index >= 15 is 0 Å². The maximum absolute atomic E-state index is 12.2. The van der Waals surface area contributed by atoms with Crippen LogP contribution in [0.5, 0.6) is 0 Å². The fraction of sp³-hybridized carbons (Fsp3) is 0.533. The van der Waals surface area contributed by atoms with Gasteiger partial charge in [0.15, 0.2) is 5.78 Å². The molecular formula is C15H19ClO. The van der Waals surface area contributed by atoms with Crippen LogP contribution in [0.3, 0.4) is 0 Å². The standard InChI is InChI=1S/C15H19ClO/c1-10(2)14(9-16)15(17)13-7-5-12(6-8-13)11-3-4-11/h5-8,10-11,14H,3-4,9H2,1-2H3. The summed E-state index contributed by atoms with van der Waals surface area (Å²) >= 11 is 5.88. The summed E-state index contributed by atoms with van der Waals surface area (Å²) in [6.45, 7) is 4.09. The summed E-state index contributed by atoms with van der Waals surface area (Å²) in [5.74, 6) is 1.55. The van der Waals surface area contributed by atoms with E-state index in [1.165, 1.54) is 18.4 Å². The quantitative estimate of drug-likeness (QED) is 0.564. The van der Waals surface area contributed by atoms with Crippen LogP contribution >= 0.6 is 11.6 Å². The molecule has 2 heteroatoms. The number of benzene rings is 1. The molecule has 0 N–H and O–H groups in total. The van der Waals surface area contributed by atoms with Gasteiger partial charge < -0.3 is 0 Å². The first-order valence-electron chi connectivity index (χ1n) is 6.33. The SMILES string of the molecule is CC(C)C(CCl)C(=O)c1ccc(C2CC2)cc1. The Morgan fingerprint density at radius 3 is 2.29 bits per heavy atom. The molecule has 0 aliphatic heterocycles. The zero-order chi connectivity index (χ0) is 12.4. The van der Waals surface area contributed by atoms with Gasteiger partial charge in [0.05, 0.1) is 0 Å². The maximum atomic E-state index is 12.2. The van der Waals surface area contributed by atoms with Crippen molar-refractivity contribution >= 4 is 17.4 Å². The molecule has 0 heterocycles. The van der Waals surface area contributed by atoms with Gasteiger partial charge in [0.25, 0.3) is 0 Å². The van der Waals surface area contributed by atoms with E-state index in [0.29, 0.717) is 11.8 Å². The van der Waals surface area contributed by atoms with Gasteiger partial charge >= 0.3 is 0 Å². The molecule has 1 atom stereocenters. The van der Waals surface area contributed by atoms with E-state index < -0.39 is 0 Å². The third kappa shape index (κ3) is 2.90. The van der Waals surface area contributed by atoms with Gasteiger partial charge in [0, 0.05) is 17.4 Å². The van der Waals surface area contributed by atoms with Crippen LogP contribution in [0.1, 0.15) is 48.5 Å². The van der Waals surface area contributed by atoms with E-state index in [0.717, 1.165) is 11.5 Å². The first-order valence-corrected chi connectivity index (χ1v) is 6.87. The van der Waals surface area contributed by atoms with Gasteiger partial charge in [0.1, 0.15) is 0 Å². The molecule has 1 fully saturated rings. The van der Waals surface area contributed by atoms with Crippen molar-refractivity contribution in [3.8, 4) is 0 Å². The summed E-state index contributed by atoms with van der Waals surface area (Å²) in [7, 11) is 0. The highest BCUT2D eigenvalue weighted by Gasteiger charge is 2.25. The fourth-order valence-electron chi connectivity index (χ4n) is 2.10. The summed E-state index contributed by atoms with van der Waals surface area (Å²) in [5.41, 5.74) is 2.17. The number of hydrogen-bond acceptors (Lipinski definition) is 1. The number of carbonyl (C=O) groups excluding carboxylic acids is 1. The summed E-state index contributed by atoms with van der Waals surface area (Å²) < 4.78 is 0. The van der Waals surface area contributed by atoms with Gasteiger partial charge in [0.2, 0.25) is 0 Å². The molecule has 1 saturated carbocycles. The Balaban J connectivity index is 2.12. The monoisotopic (exact) mass is 250 g/mol. The van der Waals surface area contributed by atoms with Crippen molar-refractivity contribution in [1.29, 1.82) is 0 Å². The highest BCUT2D eigenvalue weighted by molar-refractivity contribution is 6.20. The van der Waals surface area contributed by atoms with Crippen LogP contribution in [0.2, 0.25) is 0 Å². The largest absolute Gasteiger partial charge is 0.294 e. The van der Waals surface area contributed by atoms with Gasteiger partial charge in [-0.25, -0.2) is 0 Å². The number of Topliss-reactive ketones (excluding diaryl/α,β-unsaturated/α-hetero) is 1. The average molecular weight is 251 g/mol. The molecule has 1 nitrogen and oxygen atoms in total. The van der Waals surface area contributed by atoms with Gasteiger partial charge in [-0.05, 0) is 30.2 Å². The summed E-state index contributed by atoms with van der Waals surface area (Å²) in [6, 6.07) is 8.10. The van der Waals surface area contributed by atoms with Crippen molar-refractivity contribution in [2.24, 2.45) is 11.8 Å². The predicted octanol–water partition coefficient (Wildman–Crippen LogP) is 4.26. The fourth-order valence-corrected chi connectivity index (χ4v) is 2.60. The van der Waals surface area contributed by atoms with E-state index in [4.69, 9.17) is 11.6 Å². The highest BCUT2D eigenvalue weighted by Crippen LogP contribution is 2.40. The molecule has 1 aliphatic rings. The van der Waals surface area contributed by atoms with E-state index in [1.807, 2.05) is 26.0 Å². The third-order valence-electron chi connectivity index (χ3n) is 3.55. The lowest BCUT2D eigenvalue weighted by molar-refractivity contribution is 0.0902. The van der Waals surface area contributed by atoms with Crippen LogP contribution in [0.15, 0.2) is 24.3 Å². The first kappa shape index (κ1) is 12.6. The lowest BCUT2D eigenvalue weighted by Gasteiger charge is -2.16. The zero-order valence-electron chi connectivity index (χ0n) is 10.4. The lowest BCUT2D eigenvalue weighted by Crippen LogP contribution is -2.22. The van der Waals surface area contributed by atoms with Crippen molar-refractivity contribution in [2.75, 3.05) is 5.88 Å². The predicted molar refractivity (Wildman–Crippen MR) is 71.8 cm³/mol. The lowest BCUT2D eigenvalue weighted by atomic mass is 9.89. The minimum Gasteiger partial charge on any atom is -0.294 e. The summed E-state index contributed by atoms with van der Waals surface area (Å²) in [6.07, 6.45) is 2.59. The molecule has 0 bridgehead atoms. The molecule has 1 aliphatic carbocycles. The number of hydrogen-bond donors (Lipinski definition) is 0.